The van der Waals surface area contributed by atoms with Crippen LogP contribution in [0, 0.1) is 5.41 Å². The molecule has 44 valence electrons. The minimum absolute atomic E-state index is 0.319. The first-order valence-corrected chi connectivity index (χ1v) is 3.00. The molecule has 2 nitrogen and oxygen atoms in total. The summed E-state index contributed by atoms with van der Waals surface area (Å²) >= 11 is 0. The minimum Gasteiger partial charge on any atom is -0.326 e. The molecule has 2 rings (SSSR count). The zero-order chi connectivity index (χ0) is 5.61. The molecular weight excluding hydrogens is 100 g/mol. The third kappa shape index (κ3) is 0.394. The maximum Gasteiger partial charge on any atom is 0.0351 e. The molecule has 0 aromatic heterocycles. The van der Waals surface area contributed by atoms with Crippen molar-refractivity contribution in [2.45, 2.75) is 6.04 Å². The highest BCUT2D eigenvalue weighted by Gasteiger charge is 2.43. The van der Waals surface area contributed by atoms with E-state index in [4.69, 9.17) is 5.73 Å². The van der Waals surface area contributed by atoms with Gasteiger partial charge in [0, 0.05) is 24.5 Å². The highest BCUT2D eigenvalue weighted by atomic mass is 15.0. The zero-order valence-corrected chi connectivity index (χ0v) is 4.72. The molecule has 3 N–H and O–H groups in total. The molecule has 1 unspecified atom stereocenters. The van der Waals surface area contributed by atoms with Crippen molar-refractivity contribution in [3.63, 3.8) is 0 Å². The van der Waals surface area contributed by atoms with E-state index >= 15 is 0 Å². The predicted molar refractivity (Wildman–Crippen MR) is 32.4 cm³/mol. The second kappa shape index (κ2) is 1.14. The van der Waals surface area contributed by atoms with Crippen LogP contribution in [0.3, 0.4) is 0 Å². The maximum absolute atomic E-state index is 5.75. The van der Waals surface area contributed by atoms with Gasteiger partial charge in [0.1, 0.15) is 0 Å². The highest BCUT2D eigenvalue weighted by molar-refractivity contribution is 5.33. The standard InChI is InChI=1S/C6H10N2/c7-5-3-8-4-6(5)1-2-6/h1-2,5,8H,3-4,7H2. The first-order chi connectivity index (χ1) is 3.83. The second-order valence-electron chi connectivity index (χ2n) is 2.68. The lowest BCUT2D eigenvalue weighted by Gasteiger charge is -2.09. The van der Waals surface area contributed by atoms with Gasteiger partial charge in [-0.3, -0.25) is 0 Å². The lowest BCUT2D eigenvalue weighted by molar-refractivity contribution is 0.552. The summed E-state index contributed by atoms with van der Waals surface area (Å²) in [5.74, 6) is 0. The number of nitrogens with one attached hydrogen (secondary N) is 1. The fourth-order valence-electron chi connectivity index (χ4n) is 1.24. The van der Waals surface area contributed by atoms with Gasteiger partial charge in [-0.2, -0.15) is 0 Å². The highest BCUT2D eigenvalue weighted by Crippen LogP contribution is 2.39. The van der Waals surface area contributed by atoms with Gasteiger partial charge in [-0.25, -0.2) is 0 Å². The number of nitrogens with two attached hydrogens (primary N) is 1. The van der Waals surface area contributed by atoms with Crippen LogP contribution in [0.25, 0.3) is 0 Å². The van der Waals surface area contributed by atoms with Gasteiger partial charge in [0.25, 0.3) is 0 Å². The molecule has 0 saturated carbocycles. The maximum atomic E-state index is 5.75. The third-order valence-corrected chi connectivity index (χ3v) is 2.08. The van der Waals surface area contributed by atoms with Crippen LogP contribution in [0.1, 0.15) is 0 Å². The largest absolute Gasteiger partial charge is 0.326 e. The van der Waals surface area contributed by atoms with Crippen LogP contribution >= 0.6 is 0 Å². The first-order valence-electron chi connectivity index (χ1n) is 3.00. The summed E-state index contributed by atoms with van der Waals surface area (Å²) in [5, 5.41) is 3.24. The lowest BCUT2D eigenvalue weighted by Crippen LogP contribution is -2.30. The zero-order valence-electron chi connectivity index (χ0n) is 4.72. The molecule has 1 fully saturated rings. The van der Waals surface area contributed by atoms with Crippen molar-refractivity contribution in [2.24, 2.45) is 11.1 Å². The molecule has 8 heavy (non-hydrogen) atoms. The number of hydrogen-bond acceptors (Lipinski definition) is 2. The van der Waals surface area contributed by atoms with Crippen molar-refractivity contribution in [2.75, 3.05) is 13.1 Å². The molecule has 1 spiro atoms. The predicted octanol–water partition coefficient (Wildman–Crippen LogP) is -0.527. The quantitative estimate of drug-likeness (QED) is 0.411. The van der Waals surface area contributed by atoms with E-state index in [-0.39, 0.29) is 0 Å². The average Bonchev–Trinajstić information content (AvgIpc) is 2.39. The summed E-state index contributed by atoms with van der Waals surface area (Å²) in [7, 11) is 0. The summed E-state index contributed by atoms with van der Waals surface area (Å²) in [6.45, 7) is 2.04. The molecule has 2 heteroatoms. The fraction of sp³-hybridized carbons (Fsp3) is 0.667. The molecule has 0 amide bonds. The van der Waals surface area contributed by atoms with E-state index < -0.39 is 0 Å². The van der Waals surface area contributed by atoms with Gasteiger partial charge in [-0.05, 0) is 0 Å². The molecule has 0 radical (unpaired) electrons. The van der Waals surface area contributed by atoms with Gasteiger partial charge in [0.15, 0.2) is 0 Å². The van der Waals surface area contributed by atoms with E-state index in [9.17, 15) is 0 Å². The van der Waals surface area contributed by atoms with Gasteiger partial charge in [0.2, 0.25) is 0 Å². The fourth-order valence-corrected chi connectivity index (χ4v) is 1.24. The van der Waals surface area contributed by atoms with E-state index in [1.807, 2.05) is 0 Å². The molecule has 2 aliphatic rings. The Balaban J connectivity index is 2.14. The van der Waals surface area contributed by atoms with E-state index in [0.717, 1.165) is 13.1 Å². The molecule has 0 aromatic rings. The lowest BCUT2D eigenvalue weighted by atomic mass is 9.99. The third-order valence-electron chi connectivity index (χ3n) is 2.08. The molecule has 0 bridgehead atoms. The van der Waals surface area contributed by atoms with Crippen molar-refractivity contribution in [1.29, 1.82) is 0 Å². The Kier molecular flexibility index (Phi) is 0.648. The minimum atomic E-state index is 0.319. The molecule has 1 saturated heterocycles. The molecule has 1 heterocycles. The Morgan fingerprint density at radius 1 is 1.62 bits per heavy atom. The molecule has 0 aromatic carbocycles. The van der Waals surface area contributed by atoms with Gasteiger partial charge in [-0.15, -0.1) is 0 Å². The van der Waals surface area contributed by atoms with E-state index in [1.54, 1.807) is 0 Å². The van der Waals surface area contributed by atoms with Crippen LogP contribution in [0.2, 0.25) is 0 Å². The smallest absolute Gasteiger partial charge is 0.0351 e. The topological polar surface area (TPSA) is 38.0 Å². The van der Waals surface area contributed by atoms with Crippen molar-refractivity contribution in [3.8, 4) is 0 Å². The Bertz CT molecular complexity index is 133. The Morgan fingerprint density at radius 3 is 2.62 bits per heavy atom. The van der Waals surface area contributed by atoms with E-state index in [1.165, 1.54) is 0 Å². The normalized spacial score (nSPS) is 38.9. The van der Waals surface area contributed by atoms with Crippen molar-refractivity contribution in [3.05, 3.63) is 12.2 Å². The Morgan fingerprint density at radius 2 is 2.38 bits per heavy atom. The van der Waals surface area contributed by atoms with Crippen LogP contribution < -0.4 is 11.1 Å². The van der Waals surface area contributed by atoms with Gasteiger partial charge in [-0.1, -0.05) is 12.2 Å². The molecule has 1 aliphatic carbocycles. The number of hydrogen-bond donors (Lipinski definition) is 2. The van der Waals surface area contributed by atoms with Crippen molar-refractivity contribution >= 4 is 0 Å². The van der Waals surface area contributed by atoms with Gasteiger partial charge in [0.05, 0.1) is 0 Å². The van der Waals surface area contributed by atoms with Gasteiger partial charge < -0.3 is 11.1 Å². The van der Waals surface area contributed by atoms with Crippen LogP contribution in [0.4, 0.5) is 0 Å². The van der Waals surface area contributed by atoms with Crippen LogP contribution in [0.15, 0.2) is 12.2 Å². The van der Waals surface area contributed by atoms with Crippen LogP contribution in [0.5, 0.6) is 0 Å². The summed E-state index contributed by atoms with van der Waals surface area (Å²) in [4.78, 5) is 0. The monoisotopic (exact) mass is 110 g/mol. The summed E-state index contributed by atoms with van der Waals surface area (Å²) in [5.41, 5.74) is 6.07. The summed E-state index contributed by atoms with van der Waals surface area (Å²) in [6, 6.07) is 0.350. The van der Waals surface area contributed by atoms with Crippen molar-refractivity contribution in [1.82, 2.24) is 5.32 Å². The average molecular weight is 110 g/mol. The molecular formula is C6H10N2. The van der Waals surface area contributed by atoms with E-state index in [2.05, 4.69) is 17.5 Å². The van der Waals surface area contributed by atoms with E-state index in [0.29, 0.717) is 11.5 Å². The number of rotatable bonds is 0. The first kappa shape index (κ1) is 4.53. The Labute approximate surface area is 48.8 Å². The van der Waals surface area contributed by atoms with Crippen LogP contribution in [-0.2, 0) is 0 Å². The summed E-state index contributed by atoms with van der Waals surface area (Å²) in [6.07, 6.45) is 4.38. The SMILES string of the molecule is NC1CNCC12C=C2. The molecule has 1 aliphatic heterocycles. The van der Waals surface area contributed by atoms with Gasteiger partial charge >= 0.3 is 0 Å². The molecule has 1 atom stereocenters. The Hall–Kier alpha value is -0.340. The second-order valence-corrected chi connectivity index (χ2v) is 2.68. The van der Waals surface area contributed by atoms with Crippen LogP contribution in [-0.4, -0.2) is 19.1 Å². The van der Waals surface area contributed by atoms with Crippen molar-refractivity contribution < 1.29 is 0 Å². The summed E-state index contributed by atoms with van der Waals surface area (Å²) < 4.78 is 0.